The molecule has 2 fully saturated rings. The van der Waals surface area contributed by atoms with E-state index in [0.29, 0.717) is 43.1 Å². The number of aromatic hydroxyl groups is 1. The summed E-state index contributed by atoms with van der Waals surface area (Å²) in [5.74, 6) is -3.21. The van der Waals surface area contributed by atoms with E-state index in [9.17, 15) is 13.9 Å². The number of benzene rings is 1. The van der Waals surface area contributed by atoms with Gasteiger partial charge in [-0.1, -0.05) is 32.9 Å². The van der Waals surface area contributed by atoms with Crippen LogP contribution in [-0.2, 0) is 0 Å². The Bertz CT molecular complexity index is 842. The van der Waals surface area contributed by atoms with Gasteiger partial charge in [0.2, 0.25) is 0 Å². The minimum absolute atomic E-state index is 0.0780. The fourth-order valence-electron chi connectivity index (χ4n) is 4.77. The maximum absolute atomic E-state index is 14.5. The first-order valence-corrected chi connectivity index (χ1v) is 12.2. The molecule has 7 nitrogen and oxygen atoms in total. The van der Waals surface area contributed by atoms with Crippen molar-refractivity contribution in [2.24, 2.45) is 23.1 Å². The molecule has 3 rings (SSSR count). The van der Waals surface area contributed by atoms with Gasteiger partial charge < -0.3 is 32.5 Å². The normalized spacial score (nSPS) is 21.6. The summed E-state index contributed by atoms with van der Waals surface area (Å²) in [5.41, 5.74) is 19.7. The summed E-state index contributed by atoms with van der Waals surface area (Å²) in [6.07, 6.45) is 3.43. The van der Waals surface area contributed by atoms with E-state index in [-0.39, 0.29) is 30.1 Å². The second kappa shape index (κ2) is 12.3. The summed E-state index contributed by atoms with van der Waals surface area (Å²) in [6.45, 7) is 7.59. The van der Waals surface area contributed by atoms with Gasteiger partial charge in [0.25, 0.3) is 5.92 Å². The molecule has 0 saturated carbocycles. The molecule has 0 aromatic heterocycles. The summed E-state index contributed by atoms with van der Waals surface area (Å²) >= 11 is 0. The number of halogens is 2. The van der Waals surface area contributed by atoms with Crippen LogP contribution in [0, 0.1) is 5.92 Å². The zero-order valence-electron chi connectivity index (χ0n) is 20.9. The lowest BCUT2D eigenvalue weighted by Crippen LogP contribution is -2.55. The molecule has 3 atom stereocenters. The molecular formula is C25H42F2N6O. The molecule has 0 aliphatic carbocycles. The minimum atomic E-state index is -2.71. The van der Waals surface area contributed by atoms with Crippen LogP contribution >= 0.6 is 0 Å². The molecule has 192 valence electrons. The highest BCUT2D eigenvalue weighted by Gasteiger charge is 2.44. The number of likely N-dealkylation sites (tertiary alicyclic amines) is 1. The van der Waals surface area contributed by atoms with E-state index in [4.69, 9.17) is 17.2 Å². The minimum Gasteiger partial charge on any atom is -0.507 e. The van der Waals surface area contributed by atoms with Crippen LogP contribution in [0.3, 0.4) is 0 Å². The predicted octanol–water partition coefficient (Wildman–Crippen LogP) is 2.83. The van der Waals surface area contributed by atoms with Crippen molar-refractivity contribution in [3.8, 4) is 5.75 Å². The van der Waals surface area contributed by atoms with Gasteiger partial charge in [0.05, 0.1) is 5.70 Å². The zero-order chi connectivity index (χ0) is 25.5. The summed E-state index contributed by atoms with van der Waals surface area (Å²) in [4.78, 5) is 4.32. The number of nitrogens with one attached hydrogen (secondary N) is 1. The standard InChI is InChI=1S/C23H36F2N6O.C2H6/c1-15(23(24,25)9-10-29-2)12-31-16-7-8-17(31)14-30(13-16)20(22(27)28)11-19(26)18-5-3-4-6-21(18)32;1-2/h3-6,11,15-17,29,32H,7-10,12-14,26-28H2,1-2H3;1-2H3/b19-11-;. The van der Waals surface area contributed by atoms with Crippen molar-refractivity contribution < 1.29 is 13.9 Å². The highest BCUT2D eigenvalue weighted by molar-refractivity contribution is 5.69. The number of hydrogen-bond donors (Lipinski definition) is 5. The van der Waals surface area contributed by atoms with Crippen LogP contribution in [0.5, 0.6) is 5.75 Å². The van der Waals surface area contributed by atoms with Crippen LogP contribution in [-0.4, -0.2) is 66.1 Å². The first-order valence-electron chi connectivity index (χ1n) is 12.2. The van der Waals surface area contributed by atoms with Crippen LogP contribution in [0.4, 0.5) is 8.78 Å². The second-order valence-corrected chi connectivity index (χ2v) is 8.96. The van der Waals surface area contributed by atoms with Gasteiger partial charge in [0.15, 0.2) is 0 Å². The van der Waals surface area contributed by atoms with E-state index in [1.165, 1.54) is 0 Å². The van der Waals surface area contributed by atoms with Crippen molar-refractivity contribution in [1.82, 2.24) is 15.1 Å². The van der Waals surface area contributed by atoms with Crippen LogP contribution in [0.15, 0.2) is 41.9 Å². The molecule has 2 heterocycles. The quantitative estimate of drug-likeness (QED) is 0.345. The molecule has 0 spiro atoms. The molecule has 0 amide bonds. The lowest BCUT2D eigenvalue weighted by Gasteiger charge is -2.44. The molecule has 9 heteroatoms. The van der Waals surface area contributed by atoms with Gasteiger partial charge >= 0.3 is 0 Å². The molecule has 1 aromatic carbocycles. The Morgan fingerprint density at radius 1 is 1.18 bits per heavy atom. The molecule has 34 heavy (non-hydrogen) atoms. The third kappa shape index (κ3) is 6.54. The van der Waals surface area contributed by atoms with Crippen molar-refractivity contribution in [2.75, 3.05) is 33.2 Å². The number of allylic oxidation sites excluding steroid dienone is 1. The Kier molecular flexibility index (Phi) is 10.00. The number of hydrogen-bond acceptors (Lipinski definition) is 7. The monoisotopic (exact) mass is 480 g/mol. The van der Waals surface area contributed by atoms with Gasteiger partial charge in [0.1, 0.15) is 11.6 Å². The third-order valence-electron chi connectivity index (χ3n) is 6.69. The summed E-state index contributed by atoms with van der Waals surface area (Å²) < 4.78 is 29.0. The topological polar surface area (TPSA) is 117 Å². The number of nitrogens with zero attached hydrogens (tertiary/aromatic N) is 2. The zero-order valence-corrected chi connectivity index (χ0v) is 20.9. The largest absolute Gasteiger partial charge is 0.507 e. The van der Waals surface area contributed by atoms with Crippen LogP contribution in [0.25, 0.3) is 5.70 Å². The Morgan fingerprint density at radius 3 is 2.29 bits per heavy atom. The van der Waals surface area contributed by atoms with Crippen molar-refractivity contribution in [1.29, 1.82) is 0 Å². The number of phenolic OH excluding ortho intramolecular Hbond substituents is 1. The van der Waals surface area contributed by atoms with Gasteiger partial charge in [0, 0.05) is 61.9 Å². The van der Waals surface area contributed by atoms with Gasteiger partial charge in [-0.3, -0.25) is 4.90 Å². The molecule has 0 radical (unpaired) electrons. The fourth-order valence-corrected chi connectivity index (χ4v) is 4.77. The molecule has 3 unspecified atom stereocenters. The van der Waals surface area contributed by atoms with E-state index in [1.54, 1.807) is 44.3 Å². The predicted molar refractivity (Wildman–Crippen MR) is 135 cm³/mol. The third-order valence-corrected chi connectivity index (χ3v) is 6.69. The Labute approximate surface area is 202 Å². The van der Waals surface area contributed by atoms with Gasteiger partial charge in [-0.25, -0.2) is 8.78 Å². The molecule has 2 bridgehead atoms. The molecule has 2 aliphatic heterocycles. The summed E-state index contributed by atoms with van der Waals surface area (Å²) in [6, 6.07) is 7.12. The first kappa shape index (κ1) is 27.7. The maximum Gasteiger partial charge on any atom is 0.253 e. The average molecular weight is 481 g/mol. The lowest BCUT2D eigenvalue weighted by molar-refractivity contribution is -0.0761. The summed E-state index contributed by atoms with van der Waals surface area (Å²) in [5, 5.41) is 12.9. The number of fused-ring (bicyclic) bond motifs is 2. The number of rotatable bonds is 9. The van der Waals surface area contributed by atoms with Crippen molar-refractivity contribution in [3.05, 3.63) is 47.4 Å². The lowest BCUT2D eigenvalue weighted by atomic mass is 9.98. The van der Waals surface area contributed by atoms with Gasteiger partial charge in [-0.15, -0.1) is 0 Å². The first-order chi connectivity index (χ1) is 16.1. The fraction of sp³-hybridized carbons (Fsp3) is 0.600. The molecule has 1 aromatic rings. The highest BCUT2D eigenvalue weighted by Crippen LogP contribution is 2.36. The second-order valence-electron chi connectivity index (χ2n) is 8.96. The van der Waals surface area contributed by atoms with E-state index >= 15 is 0 Å². The van der Waals surface area contributed by atoms with E-state index in [0.717, 1.165) is 12.8 Å². The van der Waals surface area contributed by atoms with Crippen molar-refractivity contribution in [3.63, 3.8) is 0 Å². The highest BCUT2D eigenvalue weighted by atomic mass is 19.3. The summed E-state index contributed by atoms with van der Waals surface area (Å²) in [7, 11) is 1.69. The molecular weight excluding hydrogens is 438 g/mol. The van der Waals surface area contributed by atoms with Gasteiger partial charge in [-0.05, 0) is 38.1 Å². The van der Waals surface area contributed by atoms with Crippen LogP contribution in [0.2, 0.25) is 0 Å². The Morgan fingerprint density at radius 2 is 1.76 bits per heavy atom. The van der Waals surface area contributed by atoms with Crippen molar-refractivity contribution in [2.45, 2.75) is 58.0 Å². The maximum atomic E-state index is 14.5. The smallest absolute Gasteiger partial charge is 0.253 e. The van der Waals surface area contributed by atoms with E-state index in [1.807, 2.05) is 13.8 Å². The Hall–Kier alpha value is -2.52. The number of para-hydroxylation sites is 1. The SMILES string of the molecule is CC.CNCCC(F)(F)C(C)CN1C2CCC1CN(C(/C=C(\N)c1ccccc1O)=C(N)N)C2. The molecule has 2 saturated heterocycles. The molecule has 8 N–H and O–H groups in total. The number of piperazine rings is 1. The van der Waals surface area contributed by atoms with Crippen LogP contribution < -0.4 is 22.5 Å². The van der Waals surface area contributed by atoms with Gasteiger partial charge in [-0.2, -0.15) is 0 Å². The number of phenols is 1. The average Bonchev–Trinajstić information content (AvgIpc) is 3.03. The van der Waals surface area contributed by atoms with E-state index in [2.05, 4.69) is 15.1 Å². The van der Waals surface area contributed by atoms with Crippen molar-refractivity contribution >= 4 is 5.70 Å². The van der Waals surface area contributed by atoms with Crippen LogP contribution in [0.1, 0.15) is 45.6 Å². The molecule has 2 aliphatic rings. The van der Waals surface area contributed by atoms with E-state index < -0.39 is 11.8 Å². The number of nitrogens with two attached hydrogens (primary N) is 3. The Balaban J connectivity index is 0.00000199. The number of alkyl halides is 2.